The number of pyridine rings is 1. The zero-order valence-electron chi connectivity index (χ0n) is 20.3. The van der Waals surface area contributed by atoms with Crippen molar-refractivity contribution >= 4 is 11.8 Å². The number of aromatic nitrogens is 1. The minimum absolute atomic E-state index is 0.0413. The predicted octanol–water partition coefficient (Wildman–Crippen LogP) is 1.09. The molecule has 0 saturated carbocycles. The fourth-order valence-corrected chi connectivity index (χ4v) is 6.39. The van der Waals surface area contributed by atoms with Crippen molar-refractivity contribution in [3.05, 3.63) is 36.5 Å². The van der Waals surface area contributed by atoms with E-state index in [1.165, 1.54) is 44.3 Å². The van der Waals surface area contributed by atoms with Crippen molar-refractivity contribution in [1.82, 2.24) is 30.1 Å². The number of anilines is 1. The van der Waals surface area contributed by atoms with Crippen LogP contribution in [0.3, 0.4) is 0 Å². The van der Waals surface area contributed by atoms with Gasteiger partial charge in [-0.3, -0.25) is 4.90 Å². The first-order chi connectivity index (χ1) is 16.7. The maximum absolute atomic E-state index is 12.5. The van der Waals surface area contributed by atoms with Crippen LogP contribution in [0.5, 0.6) is 0 Å². The fraction of sp³-hybridized carbons (Fsp3) is 0.680. The zero-order valence-corrected chi connectivity index (χ0v) is 20.3. The summed E-state index contributed by atoms with van der Waals surface area (Å²) in [6, 6.07) is 4.70. The first-order valence-corrected chi connectivity index (χ1v) is 13.0. The number of nitrogens with two attached hydrogens (primary N) is 1. The van der Waals surface area contributed by atoms with Gasteiger partial charge < -0.3 is 20.9 Å². The van der Waals surface area contributed by atoms with E-state index >= 15 is 0 Å². The van der Waals surface area contributed by atoms with E-state index in [-0.39, 0.29) is 12.2 Å². The normalized spacial score (nSPS) is 27.6. The zero-order chi connectivity index (χ0) is 23.5. The van der Waals surface area contributed by atoms with Gasteiger partial charge in [-0.15, -0.1) is 6.58 Å². The van der Waals surface area contributed by atoms with Gasteiger partial charge >= 0.3 is 6.03 Å². The van der Waals surface area contributed by atoms with Gasteiger partial charge in [0.25, 0.3) is 0 Å². The summed E-state index contributed by atoms with van der Waals surface area (Å²) in [5.74, 6) is 1.11. The van der Waals surface area contributed by atoms with Crippen LogP contribution in [0.1, 0.15) is 31.2 Å². The summed E-state index contributed by atoms with van der Waals surface area (Å²) in [5, 5.41) is 7.28. The number of piperazine rings is 1. The van der Waals surface area contributed by atoms with Crippen molar-refractivity contribution in [2.45, 2.75) is 50.4 Å². The minimum atomic E-state index is -0.402. The van der Waals surface area contributed by atoms with E-state index in [9.17, 15) is 4.79 Å². The second-order valence-corrected chi connectivity index (χ2v) is 10.1. The molecule has 9 nitrogen and oxygen atoms in total. The number of likely N-dealkylation sites (tertiary alicyclic amines) is 1. The molecule has 4 aliphatic rings. The first kappa shape index (κ1) is 23.5. The van der Waals surface area contributed by atoms with Gasteiger partial charge in [-0.2, -0.15) is 0 Å². The molecule has 0 bridgehead atoms. The van der Waals surface area contributed by atoms with Crippen molar-refractivity contribution in [3.8, 4) is 0 Å². The lowest BCUT2D eigenvalue weighted by Crippen LogP contribution is -2.73. The highest BCUT2D eigenvalue weighted by molar-refractivity contribution is 5.72. The van der Waals surface area contributed by atoms with Gasteiger partial charge in [-0.1, -0.05) is 12.1 Å². The van der Waals surface area contributed by atoms with E-state index in [0.29, 0.717) is 6.54 Å². The number of rotatable bonds is 6. The first-order valence-electron chi connectivity index (χ1n) is 13.0. The van der Waals surface area contributed by atoms with Gasteiger partial charge in [0, 0.05) is 64.1 Å². The molecule has 0 radical (unpaired) electrons. The smallest absolute Gasteiger partial charge is 0.330 e. The highest BCUT2D eigenvalue weighted by atomic mass is 16.2. The quantitative estimate of drug-likeness (QED) is 0.605. The Hall–Kier alpha value is -2.20. The van der Waals surface area contributed by atoms with Crippen molar-refractivity contribution < 1.29 is 4.79 Å². The Balaban J connectivity index is 1.33. The van der Waals surface area contributed by atoms with Crippen LogP contribution in [0.4, 0.5) is 10.6 Å². The van der Waals surface area contributed by atoms with Crippen molar-refractivity contribution in [2.75, 3.05) is 63.8 Å². The van der Waals surface area contributed by atoms with Crippen LogP contribution in [-0.2, 0) is 6.42 Å². The summed E-state index contributed by atoms with van der Waals surface area (Å²) in [7, 11) is 0. The Morgan fingerprint density at radius 2 is 1.97 bits per heavy atom. The predicted molar refractivity (Wildman–Crippen MR) is 134 cm³/mol. The third kappa shape index (κ3) is 4.79. The Bertz CT molecular complexity index is 851. The number of nitrogens with zero attached hydrogens (tertiary/aromatic N) is 6. The number of carbonyl (C=O) groups excluding carboxylic acids is 1. The monoisotopic (exact) mass is 468 g/mol. The molecule has 1 aromatic heterocycles. The van der Waals surface area contributed by atoms with E-state index < -0.39 is 6.03 Å². The van der Waals surface area contributed by atoms with Gasteiger partial charge in [-0.05, 0) is 56.8 Å². The minimum Gasteiger partial charge on any atom is -0.356 e. The third-order valence-corrected chi connectivity index (χ3v) is 8.04. The number of fused-ring (bicyclic) bond motifs is 1. The van der Waals surface area contributed by atoms with E-state index in [0.717, 1.165) is 57.5 Å². The van der Waals surface area contributed by atoms with Crippen molar-refractivity contribution in [2.24, 2.45) is 5.73 Å². The van der Waals surface area contributed by atoms with Crippen LogP contribution in [0.15, 0.2) is 31.0 Å². The summed E-state index contributed by atoms with van der Waals surface area (Å²) >= 11 is 0. The molecule has 2 amide bonds. The molecule has 186 valence electrons. The Labute approximate surface area is 203 Å². The molecular formula is C25H40N8O. The Morgan fingerprint density at radius 1 is 1.18 bits per heavy atom. The maximum atomic E-state index is 12.5. The molecule has 4 saturated heterocycles. The molecule has 5 rings (SSSR count). The number of piperidine rings is 1. The number of hydrogen-bond donors (Lipinski definition) is 2. The van der Waals surface area contributed by atoms with Crippen LogP contribution < -0.4 is 16.0 Å². The number of urea groups is 1. The number of amides is 2. The topological polar surface area (TPSA) is 84.2 Å². The van der Waals surface area contributed by atoms with E-state index in [1.807, 2.05) is 18.3 Å². The van der Waals surface area contributed by atoms with Gasteiger partial charge in [0.15, 0.2) is 0 Å². The van der Waals surface area contributed by atoms with Gasteiger partial charge in [-0.25, -0.2) is 19.8 Å². The number of carbonyl (C=O) groups is 1. The number of nitrogens with one attached hydrogen (secondary N) is 1. The summed E-state index contributed by atoms with van der Waals surface area (Å²) in [6.45, 7) is 12.7. The number of hydrazine groups is 1. The fourth-order valence-electron chi connectivity index (χ4n) is 6.39. The average molecular weight is 469 g/mol. The molecule has 5 heterocycles. The lowest BCUT2D eigenvalue weighted by molar-refractivity contribution is -0.147. The molecule has 1 aromatic rings. The van der Waals surface area contributed by atoms with Crippen LogP contribution >= 0.6 is 0 Å². The largest absolute Gasteiger partial charge is 0.356 e. The highest BCUT2D eigenvalue weighted by Gasteiger charge is 2.42. The van der Waals surface area contributed by atoms with E-state index in [4.69, 9.17) is 10.7 Å². The van der Waals surface area contributed by atoms with Crippen molar-refractivity contribution in [3.63, 3.8) is 0 Å². The summed E-state index contributed by atoms with van der Waals surface area (Å²) in [5.41, 5.74) is 7.14. The molecular weight excluding hydrogens is 428 g/mol. The third-order valence-electron chi connectivity index (χ3n) is 8.04. The van der Waals surface area contributed by atoms with Crippen LogP contribution in [0.25, 0.3) is 0 Å². The van der Waals surface area contributed by atoms with E-state index in [1.54, 1.807) is 5.01 Å². The van der Waals surface area contributed by atoms with Crippen LogP contribution in [0, 0.1) is 0 Å². The molecule has 2 atom stereocenters. The standard InChI is InChI=1S/C25H40N8O/c1-2-11-32-22(19-31-16-10-27-18-23(31)33(32)25(26)34)17-20-6-5-9-28-24(20)30-14-7-21(8-15-30)29-12-3-4-13-29/h2,5-6,9,21-23,27H,1,3-4,7-8,10-19H2,(H2,26,34). The summed E-state index contributed by atoms with van der Waals surface area (Å²) in [4.78, 5) is 24.9. The second kappa shape index (κ2) is 10.6. The lowest BCUT2D eigenvalue weighted by Gasteiger charge is -2.54. The van der Waals surface area contributed by atoms with Gasteiger partial charge in [0.2, 0.25) is 0 Å². The number of primary amides is 1. The van der Waals surface area contributed by atoms with E-state index in [2.05, 4.69) is 37.7 Å². The molecule has 34 heavy (non-hydrogen) atoms. The summed E-state index contributed by atoms with van der Waals surface area (Å²) in [6.07, 6.45) is 9.68. The average Bonchev–Trinajstić information content (AvgIpc) is 3.40. The van der Waals surface area contributed by atoms with Crippen molar-refractivity contribution in [1.29, 1.82) is 0 Å². The molecule has 0 spiro atoms. The Morgan fingerprint density at radius 3 is 2.71 bits per heavy atom. The molecule has 0 aromatic carbocycles. The molecule has 4 aliphatic heterocycles. The van der Waals surface area contributed by atoms with Gasteiger partial charge in [0.1, 0.15) is 12.0 Å². The molecule has 2 unspecified atom stereocenters. The SMILES string of the molecule is C=CCN1C(Cc2cccnc2N2CCC(N3CCCC3)CC2)CN2CCNCC2N1C(N)=O. The Kier molecular flexibility index (Phi) is 7.34. The summed E-state index contributed by atoms with van der Waals surface area (Å²) < 4.78 is 0. The van der Waals surface area contributed by atoms with Gasteiger partial charge in [0.05, 0.1) is 0 Å². The number of hydrogen-bond acceptors (Lipinski definition) is 7. The second-order valence-electron chi connectivity index (χ2n) is 10.1. The van der Waals surface area contributed by atoms with Crippen LogP contribution in [0.2, 0.25) is 0 Å². The molecule has 3 N–H and O–H groups in total. The highest BCUT2D eigenvalue weighted by Crippen LogP contribution is 2.29. The molecule has 4 fully saturated rings. The van der Waals surface area contributed by atoms with Crippen LogP contribution in [-0.4, -0.2) is 108 Å². The maximum Gasteiger partial charge on any atom is 0.330 e. The molecule has 9 heteroatoms. The molecule has 0 aliphatic carbocycles. The lowest BCUT2D eigenvalue weighted by atomic mass is 10.00.